The summed E-state index contributed by atoms with van der Waals surface area (Å²) in [6.07, 6.45) is 5.79. The van der Waals surface area contributed by atoms with Gasteiger partial charge in [-0.25, -0.2) is 14.7 Å². The van der Waals surface area contributed by atoms with Crippen LogP contribution in [0.25, 0.3) is 10.9 Å². The maximum atomic E-state index is 12.9. The topological polar surface area (TPSA) is 81.5 Å². The predicted octanol–water partition coefficient (Wildman–Crippen LogP) is 3.90. The van der Waals surface area contributed by atoms with Crippen molar-refractivity contribution >= 4 is 34.6 Å². The van der Waals surface area contributed by atoms with Gasteiger partial charge in [-0.3, -0.25) is 14.2 Å². The third kappa shape index (κ3) is 3.47. The average Bonchev–Trinajstić information content (AvgIpc) is 3.69. The van der Waals surface area contributed by atoms with Crippen LogP contribution in [-0.2, 0) is 20.9 Å². The van der Waals surface area contributed by atoms with Crippen LogP contribution in [-0.4, -0.2) is 27.5 Å². The minimum atomic E-state index is -0.528. The highest BCUT2D eigenvalue weighted by molar-refractivity contribution is 6.20. The lowest BCUT2D eigenvalue weighted by Gasteiger charge is -2.20. The summed E-state index contributed by atoms with van der Waals surface area (Å²) in [6, 6.07) is 12.8. The van der Waals surface area contributed by atoms with Crippen LogP contribution >= 0.6 is 0 Å². The largest absolute Gasteiger partial charge is 0.444 e. The first-order valence-electron chi connectivity index (χ1n) is 10.2. The molecule has 1 aromatic carbocycles. The fourth-order valence-corrected chi connectivity index (χ4v) is 3.52. The van der Waals surface area contributed by atoms with Crippen molar-refractivity contribution in [3.63, 3.8) is 0 Å². The van der Waals surface area contributed by atoms with E-state index in [0.717, 1.165) is 31.2 Å². The van der Waals surface area contributed by atoms with Gasteiger partial charge in [0, 0.05) is 29.6 Å². The number of hydrogen-bond donors (Lipinski definition) is 0. The zero-order valence-corrected chi connectivity index (χ0v) is 16.4. The molecule has 2 aliphatic carbocycles. The van der Waals surface area contributed by atoms with Gasteiger partial charge < -0.3 is 4.74 Å². The summed E-state index contributed by atoms with van der Waals surface area (Å²) >= 11 is 0. The van der Waals surface area contributed by atoms with Crippen molar-refractivity contribution in [2.45, 2.75) is 32.3 Å². The van der Waals surface area contributed by atoms with Crippen LogP contribution in [0.1, 0.15) is 31.2 Å². The molecule has 0 aliphatic heterocycles. The highest BCUT2D eigenvalue weighted by Crippen LogP contribution is 2.38. The van der Waals surface area contributed by atoms with E-state index in [0.29, 0.717) is 16.7 Å². The van der Waals surface area contributed by atoms with Crippen LogP contribution in [0.2, 0.25) is 0 Å². The fourth-order valence-electron chi connectivity index (χ4n) is 3.52. The summed E-state index contributed by atoms with van der Waals surface area (Å²) in [5, 5.41) is 0.581. The summed E-state index contributed by atoms with van der Waals surface area (Å²) in [6.45, 7) is 0.156. The van der Waals surface area contributed by atoms with Crippen molar-refractivity contribution < 1.29 is 19.1 Å². The summed E-state index contributed by atoms with van der Waals surface area (Å²) in [5.41, 5.74) is 1.44. The molecule has 0 unspecified atom stereocenters. The molecule has 152 valence electrons. The van der Waals surface area contributed by atoms with E-state index < -0.39 is 6.09 Å². The van der Waals surface area contributed by atoms with Gasteiger partial charge in [0.05, 0.1) is 5.52 Å². The number of pyridine rings is 1. The number of nitrogens with zero attached hydrogens (tertiary/aromatic N) is 3. The van der Waals surface area contributed by atoms with E-state index in [-0.39, 0.29) is 30.3 Å². The molecular formula is C23H21N3O4. The summed E-state index contributed by atoms with van der Waals surface area (Å²) < 4.78 is 6.81. The number of carbonyl (C=O) groups is 3. The van der Waals surface area contributed by atoms with Gasteiger partial charge in [-0.05, 0) is 43.4 Å². The molecule has 2 amide bonds. The molecule has 7 heteroatoms. The Morgan fingerprint density at radius 3 is 2.27 bits per heavy atom. The number of rotatable bonds is 5. The van der Waals surface area contributed by atoms with Gasteiger partial charge in [0.25, 0.3) is 0 Å². The summed E-state index contributed by atoms with van der Waals surface area (Å²) in [5.74, 6) is -0.293. The van der Waals surface area contributed by atoms with Crippen LogP contribution in [0, 0.1) is 11.8 Å². The molecule has 7 nitrogen and oxygen atoms in total. The van der Waals surface area contributed by atoms with Crippen molar-refractivity contribution in [2.24, 2.45) is 11.8 Å². The lowest BCUT2D eigenvalue weighted by atomic mass is 10.2. The van der Waals surface area contributed by atoms with Crippen LogP contribution in [0.5, 0.6) is 0 Å². The van der Waals surface area contributed by atoms with Gasteiger partial charge >= 0.3 is 6.09 Å². The molecule has 0 spiro atoms. The SMILES string of the molecule is O=C(C1CC1)N(C(=O)C1CC1)c1nccc2c1ccn2C(=O)OCc1ccccc1. The van der Waals surface area contributed by atoms with Gasteiger partial charge in [0.15, 0.2) is 5.82 Å². The van der Waals surface area contributed by atoms with Crippen molar-refractivity contribution in [1.29, 1.82) is 0 Å². The number of hydrogen-bond acceptors (Lipinski definition) is 5. The minimum absolute atomic E-state index is 0.109. The van der Waals surface area contributed by atoms with Crippen molar-refractivity contribution in [1.82, 2.24) is 9.55 Å². The Hall–Kier alpha value is -3.48. The number of aromatic nitrogens is 2. The highest BCUT2D eigenvalue weighted by atomic mass is 16.5. The Kier molecular flexibility index (Phi) is 4.58. The number of fused-ring (bicyclic) bond motifs is 1. The smallest absolute Gasteiger partial charge is 0.418 e. The minimum Gasteiger partial charge on any atom is -0.444 e. The van der Waals surface area contributed by atoms with Gasteiger partial charge in [-0.1, -0.05) is 30.3 Å². The first-order valence-corrected chi connectivity index (χ1v) is 10.2. The molecular weight excluding hydrogens is 382 g/mol. The van der Waals surface area contributed by atoms with Gasteiger partial charge in [0.2, 0.25) is 11.8 Å². The van der Waals surface area contributed by atoms with Crippen molar-refractivity contribution in [2.75, 3.05) is 4.90 Å². The maximum Gasteiger partial charge on any atom is 0.418 e. The normalized spacial score (nSPS) is 15.7. The predicted molar refractivity (Wildman–Crippen MR) is 110 cm³/mol. The second-order valence-corrected chi connectivity index (χ2v) is 7.85. The monoisotopic (exact) mass is 403 g/mol. The Labute approximate surface area is 173 Å². The van der Waals surface area contributed by atoms with Crippen LogP contribution in [0.3, 0.4) is 0 Å². The van der Waals surface area contributed by atoms with Crippen molar-refractivity contribution in [3.05, 3.63) is 60.4 Å². The summed E-state index contributed by atoms with van der Waals surface area (Å²) in [7, 11) is 0. The first-order chi connectivity index (χ1) is 14.6. The molecule has 3 aromatic rings. The molecule has 2 heterocycles. The Bertz CT molecular complexity index is 1110. The lowest BCUT2D eigenvalue weighted by molar-refractivity contribution is -0.127. The molecule has 2 saturated carbocycles. The average molecular weight is 403 g/mol. The molecule has 30 heavy (non-hydrogen) atoms. The standard InChI is InChI=1S/C23H21N3O4/c27-21(16-6-7-16)26(22(28)17-8-9-17)20-18-11-13-25(19(18)10-12-24-20)23(29)30-14-15-4-2-1-3-5-15/h1-5,10-13,16-17H,6-9,14H2. The van der Waals surface area contributed by atoms with Crippen LogP contribution in [0.4, 0.5) is 10.6 Å². The molecule has 2 fully saturated rings. The zero-order chi connectivity index (χ0) is 20.7. The number of anilines is 1. The van der Waals surface area contributed by atoms with E-state index in [2.05, 4.69) is 4.98 Å². The van der Waals surface area contributed by atoms with Gasteiger partial charge in [0.1, 0.15) is 6.61 Å². The third-order valence-corrected chi connectivity index (χ3v) is 5.50. The molecule has 2 aliphatic rings. The first kappa shape index (κ1) is 18.5. The van der Waals surface area contributed by atoms with E-state index in [1.54, 1.807) is 18.3 Å². The maximum absolute atomic E-state index is 12.9. The van der Waals surface area contributed by atoms with E-state index in [4.69, 9.17) is 4.74 Å². The number of carbonyl (C=O) groups excluding carboxylic acids is 3. The molecule has 2 aromatic heterocycles. The molecule has 0 N–H and O–H groups in total. The van der Waals surface area contributed by atoms with Crippen LogP contribution < -0.4 is 4.90 Å². The third-order valence-electron chi connectivity index (χ3n) is 5.50. The highest BCUT2D eigenvalue weighted by Gasteiger charge is 2.43. The second kappa shape index (κ2) is 7.40. The Balaban J connectivity index is 1.45. The van der Waals surface area contributed by atoms with E-state index >= 15 is 0 Å². The number of ether oxygens (including phenoxy) is 1. The fraction of sp³-hybridized carbons (Fsp3) is 0.304. The van der Waals surface area contributed by atoms with Gasteiger partial charge in [-0.15, -0.1) is 0 Å². The Morgan fingerprint density at radius 1 is 0.967 bits per heavy atom. The summed E-state index contributed by atoms with van der Waals surface area (Å²) in [4.78, 5) is 44.0. The number of amides is 2. The number of imide groups is 1. The van der Waals surface area contributed by atoms with Crippen LogP contribution in [0.15, 0.2) is 54.9 Å². The molecule has 0 radical (unpaired) electrons. The molecule has 5 rings (SSSR count). The molecule has 0 atom stereocenters. The Morgan fingerprint density at radius 2 is 1.63 bits per heavy atom. The second-order valence-electron chi connectivity index (χ2n) is 7.85. The zero-order valence-electron chi connectivity index (χ0n) is 16.4. The lowest BCUT2D eigenvalue weighted by Crippen LogP contribution is -2.39. The van der Waals surface area contributed by atoms with E-state index in [1.807, 2.05) is 30.3 Å². The molecule has 0 bridgehead atoms. The van der Waals surface area contributed by atoms with Gasteiger partial charge in [-0.2, -0.15) is 0 Å². The molecule has 0 saturated heterocycles. The van der Waals surface area contributed by atoms with E-state index in [1.165, 1.54) is 15.7 Å². The quantitative estimate of drug-likeness (QED) is 0.604. The van der Waals surface area contributed by atoms with Crippen molar-refractivity contribution in [3.8, 4) is 0 Å². The number of benzene rings is 1. The van der Waals surface area contributed by atoms with E-state index in [9.17, 15) is 14.4 Å².